The average Bonchev–Trinajstić information content (AvgIpc) is 2.53. The summed E-state index contributed by atoms with van der Waals surface area (Å²) in [7, 11) is 0. The van der Waals surface area contributed by atoms with Gasteiger partial charge in [0.2, 0.25) is 0 Å². The molecule has 112 valence electrons. The van der Waals surface area contributed by atoms with Gasteiger partial charge in [0, 0.05) is 0 Å². The van der Waals surface area contributed by atoms with E-state index in [2.05, 4.69) is 19.9 Å². The van der Waals surface area contributed by atoms with Crippen LogP contribution in [0.15, 0.2) is 48.5 Å². The Bertz CT molecular complexity index is 679. The zero-order valence-electron chi connectivity index (χ0n) is 12.8. The van der Waals surface area contributed by atoms with Crippen molar-refractivity contribution >= 4 is 5.97 Å². The molecule has 3 heteroatoms. The minimum Gasteiger partial charge on any atom is -0.481 e. The maximum absolute atomic E-state index is 11.6. The number of benzene rings is 2. The molecule has 1 N–H and O–H groups in total. The van der Waals surface area contributed by atoms with Gasteiger partial charge < -0.3 is 5.11 Å². The van der Waals surface area contributed by atoms with Crippen molar-refractivity contribution in [2.75, 3.05) is 0 Å². The van der Waals surface area contributed by atoms with Crippen LogP contribution in [0.5, 0.6) is 0 Å². The lowest BCUT2D eigenvalue weighted by Crippen LogP contribution is -2.14. The normalized spacial score (nSPS) is 11.9. The highest BCUT2D eigenvalue weighted by atomic mass is 16.4. The summed E-state index contributed by atoms with van der Waals surface area (Å²) in [5.74, 6) is -0.980. The van der Waals surface area contributed by atoms with Crippen molar-refractivity contribution in [2.24, 2.45) is 0 Å². The summed E-state index contributed by atoms with van der Waals surface area (Å²) in [6.07, 6.45) is 0.419. The predicted molar refractivity (Wildman–Crippen MR) is 85.8 cm³/mol. The minimum absolute atomic E-state index is 0.419. The molecule has 2 rings (SSSR count). The number of carboxylic acids is 1. The Morgan fingerprint density at radius 2 is 1.59 bits per heavy atom. The summed E-state index contributed by atoms with van der Waals surface area (Å²) in [5, 5.41) is 18.3. The Labute approximate surface area is 130 Å². The topological polar surface area (TPSA) is 61.1 Å². The first-order chi connectivity index (χ1) is 10.5. The lowest BCUT2D eigenvalue weighted by Gasteiger charge is -2.14. The molecule has 0 aliphatic carbocycles. The molecule has 3 nitrogen and oxygen atoms in total. The molecular formula is C19H19NO2. The second-order valence-corrected chi connectivity index (χ2v) is 5.73. The molecule has 0 saturated heterocycles. The summed E-state index contributed by atoms with van der Waals surface area (Å²) in [5.41, 5.74) is 3.50. The summed E-state index contributed by atoms with van der Waals surface area (Å²) in [6, 6.07) is 16.9. The minimum atomic E-state index is -0.832. The number of nitriles is 1. The van der Waals surface area contributed by atoms with Crippen LogP contribution >= 0.6 is 0 Å². The second-order valence-electron chi connectivity index (χ2n) is 5.73. The van der Waals surface area contributed by atoms with E-state index in [1.54, 1.807) is 12.1 Å². The molecule has 0 fully saturated rings. The van der Waals surface area contributed by atoms with Gasteiger partial charge in [-0.3, -0.25) is 4.79 Å². The lowest BCUT2D eigenvalue weighted by atomic mass is 9.90. The molecule has 0 aliphatic heterocycles. The van der Waals surface area contributed by atoms with Crippen LogP contribution in [0.3, 0.4) is 0 Å². The summed E-state index contributed by atoms with van der Waals surface area (Å²) < 4.78 is 0. The maximum atomic E-state index is 11.6. The quantitative estimate of drug-likeness (QED) is 0.903. The van der Waals surface area contributed by atoms with Crippen molar-refractivity contribution in [1.29, 1.82) is 5.26 Å². The molecule has 0 aliphatic rings. The summed E-state index contributed by atoms with van der Waals surface area (Å²) >= 11 is 0. The number of nitrogens with zero attached hydrogens (tertiary/aromatic N) is 1. The van der Waals surface area contributed by atoms with Gasteiger partial charge in [-0.15, -0.1) is 0 Å². The van der Waals surface area contributed by atoms with E-state index in [0.29, 0.717) is 17.9 Å². The first-order valence-corrected chi connectivity index (χ1v) is 7.33. The van der Waals surface area contributed by atoms with Crippen LogP contribution in [0.25, 0.3) is 0 Å². The largest absolute Gasteiger partial charge is 0.481 e. The van der Waals surface area contributed by atoms with E-state index in [-0.39, 0.29) is 0 Å². The fourth-order valence-corrected chi connectivity index (χ4v) is 2.41. The number of hydrogen-bond donors (Lipinski definition) is 1. The number of hydrogen-bond acceptors (Lipinski definition) is 2. The predicted octanol–water partition coefficient (Wildman–Crippen LogP) is 4.09. The van der Waals surface area contributed by atoms with Crippen molar-refractivity contribution < 1.29 is 9.90 Å². The van der Waals surface area contributed by atoms with Crippen molar-refractivity contribution in [1.82, 2.24) is 0 Å². The standard InChI is InChI=1S/C19H19NO2/c1-13(2)16-7-9-17(10-8-16)18(19(21)22)11-14-3-5-15(12-20)6-4-14/h3-10,13,18H,11H2,1-2H3,(H,21,22). The van der Waals surface area contributed by atoms with E-state index in [9.17, 15) is 9.90 Å². The molecule has 0 amide bonds. The SMILES string of the molecule is CC(C)c1ccc(C(Cc2ccc(C#N)cc2)C(=O)O)cc1. The Morgan fingerprint density at radius 1 is 1.05 bits per heavy atom. The molecule has 1 atom stereocenters. The van der Waals surface area contributed by atoms with Crippen LogP contribution in [-0.2, 0) is 11.2 Å². The van der Waals surface area contributed by atoms with E-state index in [1.807, 2.05) is 36.4 Å². The van der Waals surface area contributed by atoms with Gasteiger partial charge >= 0.3 is 5.97 Å². The molecule has 0 radical (unpaired) electrons. The smallest absolute Gasteiger partial charge is 0.311 e. The molecule has 2 aromatic rings. The van der Waals surface area contributed by atoms with Crippen molar-refractivity contribution in [2.45, 2.75) is 32.1 Å². The van der Waals surface area contributed by atoms with E-state index in [0.717, 1.165) is 11.1 Å². The van der Waals surface area contributed by atoms with Gasteiger partial charge in [0.25, 0.3) is 0 Å². The van der Waals surface area contributed by atoms with Gasteiger partial charge in [-0.1, -0.05) is 50.2 Å². The fourth-order valence-electron chi connectivity index (χ4n) is 2.41. The third-order valence-electron chi connectivity index (χ3n) is 3.83. The monoisotopic (exact) mass is 293 g/mol. The van der Waals surface area contributed by atoms with Crippen LogP contribution in [0.1, 0.15) is 47.9 Å². The molecule has 0 saturated carbocycles. The van der Waals surface area contributed by atoms with E-state index in [4.69, 9.17) is 5.26 Å². The lowest BCUT2D eigenvalue weighted by molar-refractivity contribution is -0.138. The van der Waals surface area contributed by atoms with Crippen LogP contribution in [0.4, 0.5) is 0 Å². The maximum Gasteiger partial charge on any atom is 0.311 e. The van der Waals surface area contributed by atoms with Crippen molar-refractivity contribution in [3.05, 3.63) is 70.8 Å². The fraction of sp³-hybridized carbons (Fsp3) is 0.263. The highest BCUT2D eigenvalue weighted by molar-refractivity contribution is 5.76. The number of aliphatic carboxylic acids is 1. The molecule has 22 heavy (non-hydrogen) atoms. The molecule has 0 aromatic heterocycles. The molecule has 2 aromatic carbocycles. The summed E-state index contributed by atoms with van der Waals surface area (Å²) in [4.78, 5) is 11.6. The number of carboxylic acid groups (broad SMARTS) is 1. The Hall–Kier alpha value is -2.60. The first kappa shape index (κ1) is 15.8. The van der Waals surface area contributed by atoms with E-state index in [1.165, 1.54) is 5.56 Å². The molecule has 0 heterocycles. The Morgan fingerprint density at radius 3 is 2.05 bits per heavy atom. The molecule has 0 spiro atoms. The highest BCUT2D eigenvalue weighted by Crippen LogP contribution is 2.24. The highest BCUT2D eigenvalue weighted by Gasteiger charge is 2.20. The molecule has 0 bridgehead atoms. The van der Waals surface area contributed by atoms with E-state index >= 15 is 0 Å². The van der Waals surface area contributed by atoms with Gasteiger partial charge in [-0.2, -0.15) is 5.26 Å². The van der Waals surface area contributed by atoms with Crippen LogP contribution in [0, 0.1) is 11.3 Å². The van der Waals surface area contributed by atoms with Gasteiger partial charge in [0.05, 0.1) is 17.6 Å². The molecular weight excluding hydrogens is 274 g/mol. The summed E-state index contributed by atoms with van der Waals surface area (Å²) in [6.45, 7) is 4.22. The number of carbonyl (C=O) groups is 1. The van der Waals surface area contributed by atoms with Crippen molar-refractivity contribution in [3.63, 3.8) is 0 Å². The van der Waals surface area contributed by atoms with Gasteiger partial charge in [-0.05, 0) is 41.2 Å². The third-order valence-corrected chi connectivity index (χ3v) is 3.83. The average molecular weight is 293 g/mol. The Kier molecular flexibility index (Phi) is 4.95. The third kappa shape index (κ3) is 3.73. The van der Waals surface area contributed by atoms with Crippen LogP contribution in [0.2, 0.25) is 0 Å². The van der Waals surface area contributed by atoms with Crippen LogP contribution < -0.4 is 0 Å². The van der Waals surface area contributed by atoms with Gasteiger partial charge in [0.15, 0.2) is 0 Å². The Balaban J connectivity index is 2.22. The van der Waals surface area contributed by atoms with Crippen LogP contribution in [-0.4, -0.2) is 11.1 Å². The zero-order valence-corrected chi connectivity index (χ0v) is 12.8. The van der Waals surface area contributed by atoms with Crippen molar-refractivity contribution in [3.8, 4) is 6.07 Å². The first-order valence-electron chi connectivity index (χ1n) is 7.33. The van der Waals surface area contributed by atoms with Gasteiger partial charge in [-0.25, -0.2) is 0 Å². The van der Waals surface area contributed by atoms with Gasteiger partial charge in [0.1, 0.15) is 0 Å². The zero-order chi connectivity index (χ0) is 16.1. The van der Waals surface area contributed by atoms with E-state index < -0.39 is 11.9 Å². The molecule has 1 unspecified atom stereocenters. The number of rotatable bonds is 5. The second kappa shape index (κ2) is 6.91.